The first-order chi connectivity index (χ1) is 7.78. The van der Waals surface area contributed by atoms with Gasteiger partial charge in [-0.25, -0.2) is 0 Å². The molecule has 1 aromatic heterocycles. The Morgan fingerprint density at radius 3 is 2.56 bits per heavy atom. The van der Waals surface area contributed by atoms with Crippen LogP contribution in [0, 0.1) is 0 Å². The zero-order valence-corrected chi connectivity index (χ0v) is 9.97. The number of rotatable bonds is 4. The third-order valence-electron chi connectivity index (χ3n) is 3.26. The molecule has 0 aliphatic carbocycles. The third kappa shape index (κ3) is 3.07. The lowest BCUT2D eigenvalue weighted by Crippen LogP contribution is -2.45. The second-order valence-electron chi connectivity index (χ2n) is 4.56. The molecule has 16 heavy (non-hydrogen) atoms. The van der Waals surface area contributed by atoms with Crippen LogP contribution in [0.25, 0.3) is 0 Å². The minimum absolute atomic E-state index is 0.140. The molecule has 1 saturated heterocycles. The number of piperazine rings is 1. The van der Waals surface area contributed by atoms with Crippen LogP contribution in [-0.4, -0.2) is 59.2 Å². The summed E-state index contributed by atoms with van der Waals surface area (Å²) in [7, 11) is 2.18. The maximum Gasteiger partial charge on any atom is 0.0696 e. The van der Waals surface area contributed by atoms with E-state index < -0.39 is 0 Å². The molecule has 0 radical (unpaired) electrons. The number of hydrogen-bond acceptors (Lipinski definition) is 3. The molecule has 2 rings (SSSR count). The predicted octanol–water partition coefficient (Wildman–Crippen LogP) is 0.228. The van der Waals surface area contributed by atoms with Crippen LogP contribution >= 0.6 is 0 Å². The van der Waals surface area contributed by atoms with Gasteiger partial charge in [-0.2, -0.15) is 0 Å². The molecule has 0 unspecified atom stereocenters. The number of aliphatic hydroxyl groups is 1. The molecule has 4 heteroatoms. The molecule has 0 aromatic carbocycles. The molecule has 90 valence electrons. The Balaban J connectivity index is 1.74. The van der Waals surface area contributed by atoms with Gasteiger partial charge < -0.3 is 14.6 Å². The highest BCUT2D eigenvalue weighted by Crippen LogP contribution is 2.03. The SMILES string of the molecule is CN1CCN(CCn2ccc(CO)c2)CC1. The van der Waals surface area contributed by atoms with Crippen molar-refractivity contribution in [3.8, 4) is 0 Å². The molecule has 0 bridgehead atoms. The average molecular weight is 223 g/mol. The van der Waals surface area contributed by atoms with E-state index >= 15 is 0 Å². The lowest BCUT2D eigenvalue weighted by molar-refractivity contribution is 0.150. The standard InChI is InChI=1S/C12H21N3O/c1-13-4-6-14(7-5-13)8-9-15-3-2-12(10-15)11-16/h2-3,10,16H,4-9,11H2,1H3. The summed E-state index contributed by atoms with van der Waals surface area (Å²) in [5.74, 6) is 0. The number of aromatic nitrogens is 1. The van der Waals surface area contributed by atoms with Crippen LogP contribution in [0.4, 0.5) is 0 Å². The lowest BCUT2D eigenvalue weighted by atomic mass is 10.3. The van der Waals surface area contributed by atoms with Gasteiger partial charge in [0.05, 0.1) is 6.61 Å². The van der Waals surface area contributed by atoms with E-state index in [0.29, 0.717) is 0 Å². The van der Waals surface area contributed by atoms with Gasteiger partial charge in [-0.1, -0.05) is 0 Å². The van der Waals surface area contributed by atoms with E-state index in [0.717, 1.165) is 18.7 Å². The largest absolute Gasteiger partial charge is 0.392 e. The van der Waals surface area contributed by atoms with Crippen LogP contribution in [0.3, 0.4) is 0 Å². The summed E-state index contributed by atoms with van der Waals surface area (Å²) in [5.41, 5.74) is 0.998. The van der Waals surface area contributed by atoms with Crippen LogP contribution in [0.15, 0.2) is 18.5 Å². The molecule has 1 aliphatic rings. The molecule has 1 aliphatic heterocycles. The van der Waals surface area contributed by atoms with Gasteiger partial charge >= 0.3 is 0 Å². The van der Waals surface area contributed by atoms with E-state index in [2.05, 4.69) is 21.4 Å². The first kappa shape index (κ1) is 11.6. The Bertz CT molecular complexity index is 316. The molecular weight excluding hydrogens is 202 g/mol. The second kappa shape index (κ2) is 5.48. The normalized spacial score (nSPS) is 19.1. The van der Waals surface area contributed by atoms with Crippen molar-refractivity contribution in [1.29, 1.82) is 0 Å². The Morgan fingerprint density at radius 1 is 1.19 bits per heavy atom. The van der Waals surface area contributed by atoms with Crippen LogP contribution in [-0.2, 0) is 13.2 Å². The van der Waals surface area contributed by atoms with Crippen molar-refractivity contribution >= 4 is 0 Å². The van der Waals surface area contributed by atoms with Crippen LogP contribution in [0.1, 0.15) is 5.56 Å². The van der Waals surface area contributed by atoms with Gasteiger partial charge in [0, 0.05) is 51.7 Å². The summed E-state index contributed by atoms with van der Waals surface area (Å²) >= 11 is 0. The second-order valence-corrected chi connectivity index (χ2v) is 4.56. The molecule has 0 saturated carbocycles. The number of nitrogens with zero attached hydrogens (tertiary/aromatic N) is 3. The average Bonchev–Trinajstić information content (AvgIpc) is 2.76. The Hall–Kier alpha value is -0.840. The smallest absolute Gasteiger partial charge is 0.0696 e. The molecule has 1 aromatic rings. The molecule has 1 N–H and O–H groups in total. The first-order valence-electron chi connectivity index (χ1n) is 5.94. The molecule has 0 amide bonds. The van der Waals surface area contributed by atoms with Gasteiger partial charge in [-0.05, 0) is 18.7 Å². The summed E-state index contributed by atoms with van der Waals surface area (Å²) in [4.78, 5) is 4.87. The van der Waals surface area contributed by atoms with Gasteiger partial charge in [-0.3, -0.25) is 4.90 Å². The fraction of sp³-hybridized carbons (Fsp3) is 0.667. The van der Waals surface area contributed by atoms with E-state index in [-0.39, 0.29) is 6.61 Å². The first-order valence-corrected chi connectivity index (χ1v) is 5.94. The van der Waals surface area contributed by atoms with E-state index in [1.807, 2.05) is 18.5 Å². The fourth-order valence-electron chi connectivity index (χ4n) is 2.05. The van der Waals surface area contributed by atoms with Crippen molar-refractivity contribution < 1.29 is 5.11 Å². The predicted molar refractivity (Wildman–Crippen MR) is 64.3 cm³/mol. The summed E-state index contributed by atoms with van der Waals surface area (Å²) < 4.78 is 2.16. The molecular formula is C12H21N3O. The van der Waals surface area contributed by atoms with Crippen molar-refractivity contribution in [1.82, 2.24) is 14.4 Å². The van der Waals surface area contributed by atoms with Crippen molar-refractivity contribution in [2.24, 2.45) is 0 Å². The molecule has 4 nitrogen and oxygen atoms in total. The summed E-state index contributed by atoms with van der Waals surface area (Å²) in [6, 6.07) is 1.98. The summed E-state index contributed by atoms with van der Waals surface area (Å²) in [6.07, 6.45) is 4.07. The van der Waals surface area contributed by atoms with Gasteiger partial charge in [0.2, 0.25) is 0 Å². The van der Waals surface area contributed by atoms with Crippen LogP contribution < -0.4 is 0 Å². The topological polar surface area (TPSA) is 31.6 Å². The van der Waals surface area contributed by atoms with Crippen molar-refractivity contribution in [2.45, 2.75) is 13.2 Å². The van der Waals surface area contributed by atoms with Crippen molar-refractivity contribution in [3.63, 3.8) is 0 Å². The maximum absolute atomic E-state index is 8.97. The molecule has 0 spiro atoms. The van der Waals surface area contributed by atoms with Crippen LogP contribution in [0.5, 0.6) is 0 Å². The quantitative estimate of drug-likeness (QED) is 0.793. The van der Waals surface area contributed by atoms with E-state index in [9.17, 15) is 0 Å². The highest BCUT2D eigenvalue weighted by atomic mass is 16.3. The number of likely N-dealkylation sites (N-methyl/N-ethyl adjacent to an activating group) is 1. The zero-order valence-electron chi connectivity index (χ0n) is 9.97. The van der Waals surface area contributed by atoms with Crippen molar-refractivity contribution in [3.05, 3.63) is 24.0 Å². The highest BCUT2D eigenvalue weighted by Gasteiger charge is 2.12. The summed E-state index contributed by atoms with van der Waals surface area (Å²) in [6.45, 7) is 6.95. The maximum atomic E-state index is 8.97. The summed E-state index contributed by atoms with van der Waals surface area (Å²) in [5, 5.41) is 8.97. The Kier molecular flexibility index (Phi) is 3.98. The minimum atomic E-state index is 0.140. The molecule has 2 heterocycles. The third-order valence-corrected chi connectivity index (χ3v) is 3.26. The fourth-order valence-corrected chi connectivity index (χ4v) is 2.05. The zero-order chi connectivity index (χ0) is 11.4. The Morgan fingerprint density at radius 2 is 1.94 bits per heavy atom. The lowest BCUT2D eigenvalue weighted by Gasteiger charge is -2.32. The number of aliphatic hydroxyl groups excluding tert-OH is 1. The van der Waals surface area contributed by atoms with Gasteiger partial charge in [-0.15, -0.1) is 0 Å². The van der Waals surface area contributed by atoms with Gasteiger partial charge in [0.1, 0.15) is 0 Å². The minimum Gasteiger partial charge on any atom is -0.392 e. The number of hydrogen-bond donors (Lipinski definition) is 1. The monoisotopic (exact) mass is 223 g/mol. The van der Waals surface area contributed by atoms with E-state index in [1.165, 1.54) is 26.2 Å². The van der Waals surface area contributed by atoms with Gasteiger partial charge in [0.25, 0.3) is 0 Å². The van der Waals surface area contributed by atoms with Gasteiger partial charge in [0.15, 0.2) is 0 Å². The van der Waals surface area contributed by atoms with E-state index in [4.69, 9.17) is 5.11 Å². The Labute approximate surface area is 97.1 Å². The van der Waals surface area contributed by atoms with Crippen LogP contribution in [0.2, 0.25) is 0 Å². The highest BCUT2D eigenvalue weighted by molar-refractivity contribution is 5.08. The molecule has 0 atom stereocenters. The molecule has 1 fully saturated rings. The van der Waals surface area contributed by atoms with E-state index in [1.54, 1.807) is 0 Å². The van der Waals surface area contributed by atoms with Crippen molar-refractivity contribution in [2.75, 3.05) is 39.8 Å².